The fourth-order valence-electron chi connectivity index (χ4n) is 3.98. The summed E-state index contributed by atoms with van der Waals surface area (Å²) in [4.78, 5) is 17.1. The zero-order valence-electron chi connectivity index (χ0n) is 17.3. The highest BCUT2D eigenvalue weighted by molar-refractivity contribution is 5.96. The normalized spacial score (nSPS) is 14.3. The summed E-state index contributed by atoms with van der Waals surface area (Å²) in [5, 5.41) is 8.94. The van der Waals surface area contributed by atoms with E-state index in [9.17, 15) is 4.79 Å². The molecule has 1 aliphatic heterocycles. The van der Waals surface area contributed by atoms with Crippen LogP contribution in [0.4, 0.5) is 5.69 Å². The van der Waals surface area contributed by atoms with Crippen molar-refractivity contribution in [1.29, 1.82) is 0 Å². The first-order valence-electron chi connectivity index (χ1n) is 9.73. The Kier molecular flexibility index (Phi) is 5.00. The number of amides is 1. The van der Waals surface area contributed by atoms with E-state index >= 15 is 0 Å². The summed E-state index contributed by atoms with van der Waals surface area (Å²) < 4.78 is 8.84. The van der Waals surface area contributed by atoms with Crippen molar-refractivity contribution in [1.82, 2.24) is 24.5 Å². The van der Waals surface area contributed by atoms with Crippen molar-refractivity contribution < 1.29 is 9.53 Å². The molecule has 0 spiro atoms. The molecule has 1 fully saturated rings. The molecule has 1 amide bonds. The second-order valence-electron chi connectivity index (χ2n) is 7.27. The molecule has 29 heavy (non-hydrogen) atoms. The summed E-state index contributed by atoms with van der Waals surface area (Å²) in [6, 6.07) is 10.1. The summed E-state index contributed by atoms with van der Waals surface area (Å²) in [6.07, 6.45) is 1.71. The van der Waals surface area contributed by atoms with E-state index in [-0.39, 0.29) is 5.91 Å². The number of aromatic nitrogens is 4. The number of methoxy groups -OCH3 is 1. The van der Waals surface area contributed by atoms with Gasteiger partial charge in [0.05, 0.1) is 29.9 Å². The van der Waals surface area contributed by atoms with E-state index in [1.165, 1.54) is 7.11 Å². The molecule has 0 bridgehead atoms. The van der Waals surface area contributed by atoms with Gasteiger partial charge < -0.3 is 14.5 Å². The molecule has 1 aromatic carbocycles. The van der Waals surface area contributed by atoms with Crippen LogP contribution in [0.5, 0.6) is 5.88 Å². The molecule has 0 atom stereocenters. The number of piperazine rings is 1. The van der Waals surface area contributed by atoms with E-state index in [1.807, 2.05) is 34.7 Å². The molecule has 3 heterocycles. The average Bonchev–Trinajstić information content (AvgIpc) is 3.27. The lowest BCUT2D eigenvalue weighted by Crippen LogP contribution is -2.49. The van der Waals surface area contributed by atoms with Gasteiger partial charge in [0.25, 0.3) is 5.91 Å². The number of carbonyl (C=O) groups excluding carboxylic acids is 1. The SMILES string of the molecule is COc1nn(C)cc1C(=O)N1CCN(c2c(C)nn(-c3ccccc3)c2C)CC1. The van der Waals surface area contributed by atoms with E-state index in [2.05, 4.69) is 29.1 Å². The first-order valence-corrected chi connectivity index (χ1v) is 9.73. The van der Waals surface area contributed by atoms with Gasteiger partial charge >= 0.3 is 0 Å². The van der Waals surface area contributed by atoms with Crippen LogP contribution in [0.2, 0.25) is 0 Å². The lowest BCUT2D eigenvalue weighted by Gasteiger charge is -2.36. The topological polar surface area (TPSA) is 68.4 Å². The van der Waals surface area contributed by atoms with Gasteiger partial charge in [0.15, 0.2) is 0 Å². The summed E-state index contributed by atoms with van der Waals surface area (Å²) in [5.41, 5.74) is 4.83. The molecule has 0 N–H and O–H groups in total. The molecule has 1 aliphatic rings. The third kappa shape index (κ3) is 3.46. The molecule has 152 valence electrons. The molecule has 1 saturated heterocycles. The van der Waals surface area contributed by atoms with Crippen molar-refractivity contribution >= 4 is 11.6 Å². The van der Waals surface area contributed by atoms with Gasteiger partial charge in [0.2, 0.25) is 5.88 Å². The van der Waals surface area contributed by atoms with Crippen LogP contribution in [0.15, 0.2) is 36.5 Å². The lowest BCUT2D eigenvalue weighted by atomic mass is 10.2. The van der Waals surface area contributed by atoms with Crippen molar-refractivity contribution in [2.24, 2.45) is 7.05 Å². The molecule has 0 radical (unpaired) electrons. The van der Waals surface area contributed by atoms with Gasteiger partial charge in [-0.3, -0.25) is 9.48 Å². The molecular weight excluding hydrogens is 368 g/mol. The van der Waals surface area contributed by atoms with Crippen molar-refractivity contribution in [3.8, 4) is 11.6 Å². The van der Waals surface area contributed by atoms with Crippen LogP contribution in [0.25, 0.3) is 5.69 Å². The van der Waals surface area contributed by atoms with E-state index in [1.54, 1.807) is 17.9 Å². The molecule has 0 aliphatic carbocycles. The Hall–Kier alpha value is -3.29. The second-order valence-corrected chi connectivity index (χ2v) is 7.27. The van der Waals surface area contributed by atoms with Crippen molar-refractivity contribution in [3.05, 3.63) is 53.5 Å². The number of rotatable bonds is 4. The van der Waals surface area contributed by atoms with Crippen molar-refractivity contribution in [3.63, 3.8) is 0 Å². The maximum atomic E-state index is 12.9. The highest BCUT2D eigenvalue weighted by Crippen LogP contribution is 2.28. The number of carbonyl (C=O) groups is 1. The minimum atomic E-state index is -0.0389. The van der Waals surface area contributed by atoms with Crippen LogP contribution in [-0.2, 0) is 7.05 Å². The van der Waals surface area contributed by atoms with Crippen LogP contribution in [0, 0.1) is 13.8 Å². The Bertz CT molecular complexity index is 1020. The fourth-order valence-corrected chi connectivity index (χ4v) is 3.98. The van der Waals surface area contributed by atoms with Gasteiger partial charge in [-0.05, 0) is 26.0 Å². The van der Waals surface area contributed by atoms with Crippen molar-refractivity contribution in [2.75, 3.05) is 38.2 Å². The standard InChI is InChI=1S/C21H26N6O2/c1-15-19(16(2)27(22-15)17-8-6-5-7-9-17)25-10-12-26(13-11-25)21(28)18-14-24(3)23-20(18)29-4/h5-9,14H,10-13H2,1-4H3. The Balaban J connectivity index is 1.50. The number of ether oxygens (including phenoxy) is 1. The summed E-state index contributed by atoms with van der Waals surface area (Å²) in [7, 11) is 3.32. The van der Waals surface area contributed by atoms with Gasteiger partial charge in [-0.25, -0.2) is 4.68 Å². The van der Waals surface area contributed by atoms with Gasteiger partial charge in [-0.2, -0.15) is 5.10 Å². The fraction of sp³-hybridized carbons (Fsp3) is 0.381. The number of benzene rings is 1. The van der Waals surface area contributed by atoms with Gasteiger partial charge in [-0.15, -0.1) is 5.10 Å². The largest absolute Gasteiger partial charge is 0.479 e. The Labute approximate surface area is 170 Å². The number of anilines is 1. The van der Waals surface area contributed by atoms with Crippen LogP contribution < -0.4 is 9.64 Å². The Morgan fingerprint density at radius 3 is 2.38 bits per heavy atom. The van der Waals surface area contributed by atoms with Gasteiger partial charge in [-0.1, -0.05) is 18.2 Å². The predicted octanol–water partition coefficient (Wildman–Crippen LogP) is 2.19. The van der Waals surface area contributed by atoms with E-state index in [0.717, 1.165) is 35.9 Å². The number of hydrogen-bond donors (Lipinski definition) is 0. The van der Waals surface area contributed by atoms with Gasteiger partial charge in [0, 0.05) is 39.4 Å². The first kappa shape index (κ1) is 19.0. The maximum Gasteiger partial charge on any atom is 0.261 e. The predicted molar refractivity (Wildman–Crippen MR) is 111 cm³/mol. The van der Waals surface area contributed by atoms with E-state index < -0.39 is 0 Å². The molecule has 0 unspecified atom stereocenters. The van der Waals surface area contributed by atoms with E-state index in [0.29, 0.717) is 24.5 Å². The minimum Gasteiger partial charge on any atom is -0.479 e. The zero-order chi connectivity index (χ0) is 20.5. The molecule has 4 rings (SSSR count). The van der Waals surface area contributed by atoms with Crippen LogP contribution >= 0.6 is 0 Å². The third-order valence-electron chi connectivity index (χ3n) is 5.36. The van der Waals surface area contributed by atoms with Crippen LogP contribution in [0.1, 0.15) is 21.7 Å². The quantitative estimate of drug-likeness (QED) is 0.679. The molecule has 0 saturated carbocycles. The number of aryl methyl sites for hydroxylation is 2. The second kappa shape index (κ2) is 7.62. The highest BCUT2D eigenvalue weighted by Gasteiger charge is 2.28. The van der Waals surface area contributed by atoms with Gasteiger partial charge in [0.1, 0.15) is 5.56 Å². The number of nitrogens with zero attached hydrogens (tertiary/aromatic N) is 6. The summed E-state index contributed by atoms with van der Waals surface area (Å²) in [5.74, 6) is 0.332. The maximum absolute atomic E-state index is 12.9. The zero-order valence-corrected chi connectivity index (χ0v) is 17.3. The lowest BCUT2D eigenvalue weighted by molar-refractivity contribution is 0.0743. The van der Waals surface area contributed by atoms with Crippen LogP contribution in [-0.4, -0.2) is 63.7 Å². The molecule has 8 nitrogen and oxygen atoms in total. The monoisotopic (exact) mass is 394 g/mol. The van der Waals surface area contributed by atoms with E-state index in [4.69, 9.17) is 9.84 Å². The Morgan fingerprint density at radius 1 is 1.03 bits per heavy atom. The Morgan fingerprint density at radius 2 is 1.72 bits per heavy atom. The minimum absolute atomic E-state index is 0.0389. The average molecular weight is 394 g/mol. The molecule has 8 heteroatoms. The first-order chi connectivity index (χ1) is 14.0. The highest BCUT2D eigenvalue weighted by atomic mass is 16.5. The molecular formula is C21H26N6O2. The summed E-state index contributed by atoms with van der Waals surface area (Å²) in [6.45, 7) is 6.95. The number of para-hydroxylation sites is 1. The molecule has 3 aromatic rings. The molecule has 2 aromatic heterocycles. The van der Waals surface area contributed by atoms with Crippen molar-refractivity contribution in [2.45, 2.75) is 13.8 Å². The number of hydrogen-bond acceptors (Lipinski definition) is 5. The smallest absolute Gasteiger partial charge is 0.261 e. The summed E-state index contributed by atoms with van der Waals surface area (Å²) >= 11 is 0. The van der Waals surface area contributed by atoms with Crippen LogP contribution in [0.3, 0.4) is 0 Å². The third-order valence-corrected chi connectivity index (χ3v) is 5.36.